The number of rotatable bonds is 0. The molecule has 1 aromatic heterocycles. The van der Waals surface area contributed by atoms with Gasteiger partial charge in [0, 0.05) is 25.3 Å². The van der Waals surface area contributed by atoms with Crippen molar-refractivity contribution in [2.75, 3.05) is 26.3 Å². The van der Waals surface area contributed by atoms with Gasteiger partial charge in [-0.2, -0.15) is 0 Å². The Balaban J connectivity index is 2.08. The van der Waals surface area contributed by atoms with Gasteiger partial charge in [0.2, 0.25) is 0 Å². The van der Waals surface area contributed by atoms with Crippen LogP contribution in [-0.4, -0.2) is 31.3 Å². The molecule has 0 saturated carbocycles. The maximum atomic E-state index is 5.60. The lowest BCUT2D eigenvalue weighted by atomic mass is 10.1. The largest absolute Gasteiger partial charge is 0.381 e. The monoisotopic (exact) mass is 263 g/mol. The summed E-state index contributed by atoms with van der Waals surface area (Å²) in [6.45, 7) is 7.95. The fraction of sp³-hybridized carbons (Fsp3) is 0.667. The van der Waals surface area contributed by atoms with Crippen LogP contribution in [0.15, 0.2) is 18.2 Å². The average molecular weight is 263 g/mol. The van der Waals surface area contributed by atoms with Gasteiger partial charge in [-0.15, -0.1) is 0 Å². The predicted molar refractivity (Wildman–Crippen MR) is 77.1 cm³/mol. The summed E-state index contributed by atoms with van der Waals surface area (Å²) >= 11 is 0. The van der Waals surface area contributed by atoms with Crippen molar-refractivity contribution < 1.29 is 4.74 Å². The van der Waals surface area contributed by atoms with E-state index in [0.29, 0.717) is 0 Å². The van der Waals surface area contributed by atoms with E-state index in [1.165, 1.54) is 0 Å². The standard InChI is InChI=1S/C15H25N3O/c1-12-14-6-3-7-15(18-14)13(2)17-9-5-11-19-10-4-8-16-12/h3,6-7,12-13,16-17H,4-5,8-11H2,1-2H3/t12-,13-/m0/s1. The molecule has 0 aromatic carbocycles. The maximum absolute atomic E-state index is 5.60. The fourth-order valence-electron chi connectivity index (χ4n) is 2.25. The van der Waals surface area contributed by atoms with Crippen molar-refractivity contribution in [1.29, 1.82) is 0 Å². The highest BCUT2D eigenvalue weighted by Gasteiger charge is 2.11. The van der Waals surface area contributed by atoms with E-state index in [9.17, 15) is 0 Å². The summed E-state index contributed by atoms with van der Waals surface area (Å²) < 4.78 is 5.60. The second-order valence-corrected chi connectivity index (χ2v) is 5.16. The zero-order valence-corrected chi connectivity index (χ0v) is 12.0. The summed E-state index contributed by atoms with van der Waals surface area (Å²) in [4.78, 5) is 4.77. The van der Waals surface area contributed by atoms with Gasteiger partial charge >= 0.3 is 0 Å². The maximum Gasteiger partial charge on any atom is 0.0574 e. The second-order valence-electron chi connectivity index (χ2n) is 5.16. The van der Waals surface area contributed by atoms with Gasteiger partial charge in [0.05, 0.1) is 11.4 Å². The quantitative estimate of drug-likeness (QED) is 0.753. The fourth-order valence-corrected chi connectivity index (χ4v) is 2.25. The van der Waals surface area contributed by atoms with Gasteiger partial charge in [0.1, 0.15) is 0 Å². The highest BCUT2D eigenvalue weighted by molar-refractivity contribution is 5.16. The first-order chi connectivity index (χ1) is 9.27. The SMILES string of the molecule is C[C@@H]1NCCCOCCCN[C@@H](C)c2cccc1n2. The van der Waals surface area contributed by atoms with Crippen LogP contribution in [-0.2, 0) is 4.74 Å². The van der Waals surface area contributed by atoms with Crippen LogP contribution in [0.1, 0.15) is 50.2 Å². The van der Waals surface area contributed by atoms with Crippen LogP contribution in [0, 0.1) is 0 Å². The van der Waals surface area contributed by atoms with E-state index >= 15 is 0 Å². The molecular formula is C15H25N3O. The number of hydrogen-bond acceptors (Lipinski definition) is 4. The number of fused-ring (bicyclic) bond motifs is 2. The van der Waals surface area contributed by atoms with Crippen LogP contribution in [0.4, 0.5) is 0 Å². The van der Waals surface area contributed by atoms with Crippen LogP contribution in [0.25, 0.3) is 0 Å². The number of aromatic nitrogens is 1. The second kappa shape index (κ2) is 7.58. The van der Waals surface area contributed by atoms with Gasteiger partial charge in [-0.3, -0.25) is 4.98 Å². The van der Waals surface area contributed by atoms with E-state index in [1.54, 1.807) is 0 Å². The molecule has 0 radical (unpaired) electrons. The highest BCUT2D eigenvalue weighted by atomic mass is 16.5. The van der Waals surface area contributed by atoms with Gasteiger partial charge in [-0.1, -0.05) is 6.07 Å². The van der Waals surface area contributed by atoms with Gasteiger partial charge in [-0.05, 0) is 51.9 Å². The first-order valence-corrected chi connectivity index (χ1v) is 7.29. The van der Waals surface area contributed by atoms with Gasteiger partial charge in [-0.25, -0.2) is 0 Å². The molecule has 2 rings (SSSR count). The van der Waals surface area contributed by atoms with E-state index in [0.717, 1.165) is 50.5 Å². The Hall–Kier alpha value is -0.970. The molecule has 0 saturated heterocycles. The first kappa shape index (κ1) is 14.4. The third-order valence-electron chi connectivity index (χ3n) is 3.51. The third-order valence-corrected chi connectivity index (χ3v) is 3.51. The minimum atomic E-state index is 0.287. The number of hydrogen-bond donors (Lipinski definition) is 2. The average Bonchev–Trinajstić information content (AvgIpc) is 2.44. The van der Waals surface area contributed by atoms with Crippen molar-refractivity contribution in [3.63, 3.8) is 0 Å². The summed E-state index contributed by atoms with van der Waals surface area (Å²) in [7, 11) is 0. The molecule has 0 aliphatic carbocycles. The Labute approximate surface area is 116 Å². The van der Waals surface area contributed by atoms with Crippen molar-refractivity contribution in [2.45, 2.75) is 38.8 Å². The molecule has 4 heteroatoms. The number of nitrogens with zero attached hydrogens (tertiary/aromatic N) is 1. The molecule has 4 nitrogen and oxygen atoms in total. The van der Waals surface area contributed by atoms with Crippen LogP contribution in [0.3, 0.4) is 0 Å². The third kappa shape index (κ3) is 4.56. The van der Waals surface area contributed by atoms with Crippen molar-refractivity contribution >= 4 is 0 Å². The molecular weight excluding hydrogens is 238 g/mol. The van der Waals surface area contributed by atoms with Crippen LogP contribution in [0.2, 0.25) is 0 Å². The minimum absolute atomic E-state index is 0.287. The zero-order chi connectivity index (χ0) is 13.5. The number of nitrogens with one attached hydrogen (secondary N) is 2. The van der Waals surface area contributed by atoms with Gasteiger partial charge in [0.25, 0.3) is 0 Å². The number of ether oxygens (including phenoxy) is 1. The molecule has 2 bridgehead atoms. The van der Waals surface area contributed by atoms with E-state index < -0.39 is 0 Å². The van der Waals surface area contributed by atoms with Crippen LogP contribution >= 0.6 is 0 Å². The lowest BCUT2D eigenvalue weighted by Gasteiger charge is -2.18. The Morgan fingerprint density at radius 3 is 2.05 bits per heavy atom. The van der Waals surface area contributed by atoms with E-state index in [1.807, 2.05) is 0 Å². The smallest absolute Gasteiger partial charge is 0.0574 e. The van der Waals surface area contributed by atoms with Crippen molar-refractivity contribution in [2.24, 2.45) is 0 Å². The molecule has 2 N–H and O–H groups in total. The predicted octanol–water partition coefficient (Wildman–Crippen LogP) is 2.19. The van der Waals surface area contributed by atoms with Crippen LogP contribution in [0.5, 0.6) is 0 Å². The summed E-state index contributed by atoms with van der Waals surface area (Å²) in [5, 5.41) is 6.99. The van der Waals surface area contributed by atoms with Crippen molar-refractivity contribution in [1.82, 2.24) is 15.6 Å². The van der Waals surface area contributed by atoms with Gasteiger partial charge in [0.15, 0.2) is 0 Å². The Morgan fingerprint density at radius 2 is 1.53 bits per heavy atom. The molecule has 0 unspecified atom stereocenters. The van der Waals surface area contributed by atoms with Gasteiger partial charge < -0.3 is 15.4 Å². The van der Waals surface area contributed by atoms with E-state index in [4.69, 9.17) is 9.72 Å². The summed E-state index contributed by atoms with van der Waals surface area (Å²) in [6, 6.07) is 6.86. The molecule has 106 valence electrons. The van der Waals surface area contributed by atoms with Crippen LogP contribution < -0.4 is 10.6 Å². The first-order valence-electron chi connectivity index (χ1n) is 7.29. The molecule has 1 aromatic rings. The normalized spacial score (nSPS) is 26.6. The molecule has 19 heavy (non-hydrogen) atoms. The lowest BCUT2D eigenvalue weighted by Crippen LogP contribution is -2.25. The topological polar surface area (TPSA) is 46.2 Å². The summed E-state index contributed by atoms with van der Waals surface area (Å²) in [5.74, 6) is 0. The highest BCUT2D eigenvalue weighted by Crippen LogP contribution is 2.15. The summed E-state index contributed by atoms with van der Waals surface area (Å²) in [5.41, 5.74) is 2.23. The Kier molecular flexibility index (Phi) is 5.76. The van der Waals surface area contributed by atoms with Crippen molar-refractivity contribution in [3.05, 3.63) is 29.6 Å². The Bertz CT molecular complexity index is 352. The zero-order valence-electron chi connectivity index (χ0n) is 12.0. The molecule has 0 spiro atoms. The molecule has 1 aliphatic heterocycles. The molecule has 2 heterocycles. The van der Waals surface area contributed by atoms with E-state index in [-0.39, 0.29) is 12.1 Å². The van der Waals surface area contributed by atoms with Crippen molar-refractivity contribution in [3.8, 4) is 0 Å². The number of pyridine rings is 1. The summed E-state index contributed by atoms with van der Waals surface area (Å²) in [6.07, 6.45) is 2.10. The molecule has 1 aliphatic rings. The molecule has 0 fully saturated rings. The molecule has 0 amide bonds. The lowest BCUT2D eigenvalue weighted by molar-refractivity contribution is 0.128. The minimum Gasteiger partial charge on any atom is -0.381 e. The van der Waals surface area contributed by atoms with E-state index in [2.05, 4.69) is 42.7 Å². The Morgan fingerprint density at radius 1 is 1.00 bits per heavy atom. The molecule has 2 atom stereocenters.